The zero-order chi connectivity index (χ0) is 18.0. The molecule has 2 aromatic rings. The molecule has 7 rings (SSSR count). The van der Waals surface area contributed by atoms with E-state index in [-0.39, 0.29) is 0 Å². The van der Waals surface area contributed by atoms with Crippen molar-refractivity contribution in [2.45, 2.75) is 48.3 Å². The predicted molar refractivity (Wildman–Crippen MR) is 113 cm³/mol. The quantitative estimate of drug-likeness (QED) is 0.606. The second-order valence-corrected chi connectivity index (χ2v) is 10.9. The van der Waals surface area contributed by atoms with Gasteiger partial charge in [-0.25, -0.2) is 0 Å². The van der Waals surface area contributed by atoms with Gasteiger partial charge in [-0.3, -0.25) is 4.90 Å². The Morgan fingerprint density at radius 1 is 0.741 bits per heavy atom. The number of nitrogens with zero attached hydrogens (tertiary/aromatic N) is 1. The molecular formula is C25H29NS. The molecule has 4 saturated carbocycles. The van der Waals surface area contributed by atoms with Gasteiger partial charge in [-0.15, -0.1) is 11.8 Å². The monoisotopic (exact) mass is 375 g/mol. The van der Waals surface area contributed by atoms with Crippen molar-refractivity contribution in [3.8, 4) is 0 Å². The van der Waals surface area contributed by atoms with Crippen LogP contribution in [0.15, 0.2) is 60.7 Å². The van der Waals surface area contributed by atoms with E-state index in [0.717, 1.165) is 23.7 Å². The lowest BCUT2D eigenvalue weighted by Crippen LogP contribution is -2.58. The minimum atomic E-state index is 0.407. The summed E-state index contributed by atoms with van der Waals surface area (Å²) in [6.45, 7) is 0. The van der Waals surface area contributed by atoms with Crippen molar-refractivity contribution in [3.63, 3.8) is 0 Å². The lowest BCUT2D eigenvalue weighted by molar-refractivity contribution is -0.0418. The first-order valence-electron chi connectivity index (χ1n) is 10.8. The number of benzene rings is 2. The molecule has 0 amide bonds. The molecule has 1 spiro atoms. The SMILES string of the molecule is CN1[C@@H](c2ccccc2)SC2(C3CC4CC(C3)CC2C4)[C@H]1c1ccccc1. The first-order valence-corrected chi connectivity index (χ1v) is 11.6. The third-order valence-corrected chi connectivity index (χ3v) is 10.3. The maximum Gasteiger partial charge on any atom is 0.0823 e. The number of rotatable bonds is 2. The Morgan fingerprint density at radius 3 is 1.81 bits per heavy atom. The molecule has 1 nitrogen and oxygen atoms in total. The van der Waals surface area contributed by atoms with Crippen molar-refractivity contribution in [1.82, 2.24) is 4.90 Å². The van der Waals surface area contributed by atoms with E-state index in [2.05, 4.69) is 84.4 Å². The topological polar surface area (TPSA) is 3.24 Å². The Morgan fingerprint density at radius 2 is 1.26 bits per heavy atom. The smallest absolute Gasteiger partial charge is 0.0823 e. The average Bonchev–Trinajstić information content (AvgIpc) is 3.01. The first kappa shape index (κ1) is 16.7. The van der Waals surface area contributed by atoms with Gasteiger partial charge in [-0.05, 0) is 74.0 Å². The molecule has 4 bridgehead atoms. The van der Waals surface area contributed by atoms with Gasteiger partial charge in [0.05, 0.1) is 11.4 Å². The van der Waals surface area contributed by atoms with Gasteiger partial charge in [0.1, 0.15) is 0 Å². The summed E-state index contributed by atoms with van der Waals surface area (Å²) in [6, 6.07) is 23.2. The fourth-order valence-corrected chi connectivity index (χ4v) is 9.58. The normalized spacial score (nSPS) is 42.9. The van der Waals surface area contributed by atoms with Crippen LogP contribution in [0, 0.1) is 23.7 Å². The molecule has 1 aliphatic heterocycles. The molecular weight excluding hydrogens is 346 g/mol. The van der Waals surface area contributed by atoms with Crippen LogP contribution in [0.5, 0.6) is 0 Å². The van der Waals surface area contributed by atoms with Crippen molar-refractivity contribution in [2.75, 3.05) is 7.05 Å². The van der Waals surface area contributed by atoms with Crippen molar-refractivity contribution in [2.24, 2.45) is 23.7 Å². The highest BCUT2D eigenvalue weighted by Gasteiger charge is 2.65. The number of hydrogen-bond donors (Lipinski definition) is 0. The van der Waals surface area contributed by atoms with Crippen molar-refractivity contribution >= 4 is 11.8 Å². The molecule has 1 heterocycles. The van der Waals surface area contributed by atoms with E-state index in [9.17, 15) is 0 Å². The molecule has 0 N–H and O–H groups in total. The summed E-state index contributed by atoms with van der Waals surface area (Å²) in [5.41, 5.74) is 3.02. The number of thioether (sulfide) groups is 1. The number of hydrogen-bond acceptors (Lipinski definition) is 2. The Balaban J connectivity index is 1.49. The third kappa shape index (κ3) is 2.36. The van der Waals surface area contributed by atoms with Gasteiger partial charge < -0.3 is 0 Å². The summed E-state index contributed by atoms with van der Waals surface area (Å²) in [6.07, 6.45) is 7.47. The lowest BCUT2D eigenvalue weighted by Gasteiger charge is -2.61. The van der Waals surface area contributed by atoms with Crippen molar-refractivity contribution in [3.05, 3.63) is 71.8 Å². The molecule has 2 heteroatoms. The Kier molecular flexibility index (Phi) is 3.78. The fraction of sp³-hybridized carbons (Fsp3) is 0.520. The van der Waals surface area contributed by atoms with E-state index in [1.807, 2.05) is 0 Å². The second kappa shape index (κ2) is 6.12. The van der Waals surface area contributed by atoms with Gasteiger partial charge in [0.2, 0.25) is 0 Å². The zero-order valence-corrected chi connectivity index (χ0v) is 16.9. The summed E-state index contributed by atoms with van der Waals surface area (Å²) < 4.78 is 0.407. The molecule has 0 unspecified atom stereocenters. The molecule has 27 heavy (non-hydrogen) atoms. The van der Waals surface area contributed by atoms with Crippen LogP contribution in [0.25, 0.3) is 0 Å². The molecule has 0 radical (unpaired) electrons. The molecule has 5 aliphatic rings. The lowest BCUT2D eigenvalue weighted by atomic mass is 9.49. The van der Waals surface area contributed by atoms with Crippen LogP contribution in [0.2, 0.25) is 0 Å². The zero-order valence-electron chi connectivity index (χ0n) is 16.1. The standard InChI is InChI=1S/C25H29NS/c1-26-23(19-8-4-2-5-9-19)25(27-24(26)20-10-6-3-7-11-20)21-13-17-12-18(15-21)16-22(25)14-17/h2-11,17-18,21-24H,12-16H2,1H3/t17?,18?,21?,22?,23-,24-,25?/m1/s1. The predicted octanol–water partition coefficient (Wildman–Crippen LogP) is 6.30. The largest absolute Gasteiger partial charge is 0.282 e. The van der Waals surface area contributed by atoms with Gasteiger partial charge in [-0.1, -0.05) is 60.7 Å². The Labute approximate surface area is 167 Å². The van der Waals surface area contributed by atoms with Crippen molar-refractivity contribution < 1.29 is 0 Å². The van der Waals surface area contributed by atoms with Crippen LogP contribution in [-0.2, 0) is 0 Å². The summed E-state index contributed by atoms with van der Waals surface area (Å²) in [4.78, 5) is 2.72. The van der Waals surface area contributed by atoms with E-state index in [4.69, 9.17) is 0 Å². The summed E-state index contributed by atoms with van der Waals surface area (Å²) in [5, 5.41) is 0.480. The van der Waals surface area contributed by atoms with Crippen LogP contribution < -0.4 is 0 Å². The van der Waals surface area contributed by atoms with Crippen LogP contribution in [-0.4, -0.2) is 16.7 Å². The molecule has 2 atom stereocenters. The molecule has 2 aromatic carbocycles. The molecule has 0 aromatic heterocycles. The van der Waals surface area contributed by atoms with Crippen LogP contribution in [0.1, 0.15) is 54.6 Å². The maximum atomic E-state index is 2.72. The minimum Gasteiger partial charge on any atom is -0.282 e. The van der Waals surface area contributed by atoms with Crippen LogP contribution >= 0.6 is 11.8 Å². The highest BCUT2D eigenvalue weighted by atomic mass is 32.2. The van der Waals surface area contributed by atoms with Crippen LogP contribution in [0.4, 0.5) is 0 Å². The van der Waals surface area contributed by atoms with Gasteiger partial charge in [0.15, 0.2) is 0 Å². The third-order valence-electron chi connectivity index (χ3n) is 8.13. The highest BCUT2D eigenvalue weighted by molar-refractivity contribution is 8.01. The van der Waals surface area contributed by atoms with E-state index in [1.54, 1.807) is 5.56 Å². The summed E-state index contributed by atoms with van der Waals surface area (Å²) in [5.74, 6) is 3.85. The van der Waals surface area contributed by atoms with Gasteiger partial charge in [0.25, 0.3) is 0 Å². The Bertz CT molecular complexity index is 789. The minimum absolute atomic E-state index is 0.407. The van der Waals surface area contributed by atoms with Gasteiger partial charge in [0, 0.05) is 4.75 Å². The molecule has 5 fully saturated rings. The highest BCUT2D eigenvalue weighted by Crippen LogP contribution is 2.73. The van der Waals surface area contributed by atoms with E-state index in [1.165, 1.54) is 37.7 Å². The van der Waals surface area contributed by atoms with E-state index < -0.39 is 0 Å². The maximum absolute atomic E-state index is 2.72. The van der Waals surface area contributed by atoms with Crippen LogP contribution in [0.3, 0.4) is 0 Å². The summed E-state index contributed by atoms with van der Waals surface area (Å²) in [7, 11) is 2.39. The second-order valence-electron chi connectivity index (χ2n) is 9.52. The van der Waals surface area contributed by atoms with Crippen molar-refractivity contribution in [1.29, 1.82) is 0 Å². The fourth-order valence-electron chi connectivity index (χ4n) is 7.41. The first-order chi connectivity index (χ1) is 13.3. The average molecular weight is 376 g/mol. The molecule has 1 saturated heterocycles. The van der Waals surface area contributed by atoms with E-state index in [0.29, 0.717) is 16.2 Å². The summed E-state index contributed by atoms with van der Waals surface area (Å²) >= 11 is 2.34. The molecule has 4 aliphatic carbocycles. The van der Waals surface area contributed by atoms with Gasteiger partial charge in [-0.2, -0.15) is 0 Å². The molecule has 140 valence electrons. The van der Waals surface area contributed by atoms with E-state index >= 15 is 0 Å². The van der Waals surface area contributed by atoms with Gasteiger partial charge >= 0.3 is 0 Å². The Hall–Kier alpha value is -1.25.